The lowest BCUT2D eigenvalue weighted by Crippen LogP contribution is -2.46. The lowest BCUT2D eigenvalue weighted by molar-refractivity contribution is 0.0195. The molecule has 2 saturated heterocycles. The van der Waals surface area contributed by atoms with Crippen LogP contribution in [0.1, 0.15) is 58.3 Å². The van der Waals surface area contributed by atoms with Crippen molar-refractivity contribution in [2.45, 2.75) is 64.3 Å². The van der Waals surface area contributed by atoms with Crippen molar-refractivity contribution in [3.8, 4) is 0 Å². The fourth-order valence-electron chi connectivity index (χ4n) is 4.54. The van der Waals surface area contributed by atoms with Crippen LogP contribution in [0, 0.1) is 5.92 Å². The van der Waals surface area contributed by atoms with E-state index < -0.39 is 0 Å². The Labute approximate surface area is 154 Å². The molecule has 0 radical (unpaired) electrons. The van der Waals surface area contributed by atoms with Gasteiger partial charge in [-0.25, -0.2) is 0 Å². The van der Waals surface area contributed by atoms with Crippen molar-refractivity contribution in [1.29, 1.82) is 0 Å². The number of hydrogen-bond donors (Lipinski definition) is 1. The van der Waals surface area contributed by atoms with Crippen LogP contribution in [0.5, 0.6) is 0 Å². The third kappa shape index (κ3) is 5.85. The number of guanidine groups is 1. The van der Waals surface area contributed by atoms with Gasteiger partial charge < -0.3 is 15.0 Å². The largest absolute Gasteiger partial charge is 0.379 e. The maximum absolute atomic E-state index is 5.51. The first-order valence-corrected chi connectivity index (χ1v) is 10.7. The number of nitrogens with one attached hydrogen (secondary N) is 1. The topological polar surface area (TPSA) is 40.1 Å². The monoisotopic (exact) mass is 350 g/mol. The lowest BCUT2D eigenvalue weighted by atomic mass is 9.91. The molecule has 3 fully saturated rings. The van der Waals surface area contributed by atoms with E-state index in [1.54, 1.807) is 0 Å². The van der Waals surface area contributed by atoms with Gasteiger partial charge in [0.1, 0.15) is 0 Å². The van der Waals surface area contributed by atoms with Crippen molar-refractivity contribution < 1.29 is 4.74 Å². The summed E-state index contributed by atoms with van der Waals surface area (Å²) in [6, 6.07) is 0.675. The molecular weight excluding hydrogens is 312 g/mol. The zero-order chi connectivity index (χ0) is 17.3. The average molecular weight is 351 g/mol. The van der Waals surface area contributed by atoms with Crippen LogP contribution in [-0.2, 0) is 4.74 Å². The van der Waals surface area contributed by atoms with Crippen LogP contribution in [-0.4, -0.2) is 74.3 Å². The summed E-state index contributed by atoms with van der Waals surface area (Å²) in [5.74, 6) is 1.95. The van der Waals surface area contributed by atoms with Gasteiger partial charge in [0.15, 0.2) is 5.96 Å². The number of nitrogens with zero attached hydrogens (tertiary/aromatic N) is 3. The fraction of sp³-hybridized carbons (Fsp3) is 0.950. The SMILES string of the molecule is CCNC(=NCC1CCCCCCC1)N1CCC(N2CCOCC2)C1. The van der Waals surface area contributed by atoms with Crippen LogP contribution in [0.4, 0.5) is 0 Å². The molecule has 5 nitrogen and oxygen atoms in total. The normalized spacial score (nSPS) is 28.0. The van der Waals surface area contributed by atoms with E-state index in [1.807, 2.05) is 0 Å². The Morgan fingerprint density at radius 1 is 1.00 bits per heavy atom. The fourth-order valence-corrected chi connectivity index (χ4v) is 4.54. The highest BCUT2D eigenvalue weighted by molar-refractivity contribution is 5.80. The van der Waals surface area contributed by atoms with Gasteiger partial charge in [0, 0.05) is 45.3 Å². The van der Waals surface area contributed by atoms with E-state index in [2.05, 4.69) is 22.0 Å². The van der Waals surface area contributed by atoms with E-state index in [0.29, 0.717) is 6.04 Å². The Kier molecular flexibility index (Phi) is 7.86. The summed E-state index contributed by atoms with van der Waals surface area (Å²) in [7, 11) is 0. The molecule has 0 aromatic carbocycles. The van der Waals surface area contributed by atoms with Crippen molar-refractivity contribution >= 4 is 5.96 Å². The molecule has 3 rings (SSSR count). The van der Waals surface area contributed by atoms with Crippen molar-refractivity contribution in [2.75, 3.05) is 52.5 Å². The molecule has 0 amide bonds. The van der Waals surface area contributed by atoms with Crippen molar-refractivity contribution in [3.63, 3.8) is 0 Å². The summed E-state index contributed by atoms with van der Waals surface area (Å²) >= 11 is 0. The maximum atomic E-state index is 5.51. The highest BCUT2D eigenvalue weighted by Crippen LogP contribution is 2.23. The van der Waals surface area contributed by atoms with Gasteiger partial charge >= 0.3 is 0 Å². The van der Waals surface area contributed by atoms with Crippen molar-refractivity contribution in [3.05, 3.63) is 0 Å². The Morgan fingerprint density at radius 3 is 2.44 bits per heavy atom. The van der Waals surface area contributed by atoms with Crippen LogP contribution >= 0.6 is 0 Å². The summed E-state index contributed by atoms with van der Waals surface area (Å²) in [6.07, 6.45) is 11.1. The molecule has 0 spiro atoms. The highest BCUT2D eigenvalue weighted by Gasteiger charge is 2.30. The molecule has 1 atom stereocenters. The first kappa shape index (κ1) is 19.0. The molecule has 5 heteroatoms. The minimum atomic E-state index is 0.675. The Morgan fingerprint density at radius 2 is 1.72 bits per heavy atom. The lowest BCUT2D eigenvalue weighted by Gasteiger charge is -2.32. The Bertz CT molecular complexity index is 401. The number of hydrogen-bond acceptors (Lipinski definition) is 3. The molecule has 1 unspecified atom stereocenters. The van der Waals surface area contributed by atoms with E-state index in [0.717, 1.165) is 64.4 Å². The molecule has 0 aromatic heterocycles. The molecule has 0 bridgehead atoms. The standard InChI is InChI=1S/C20H38N4O/c1-2-21-20(22-16-18-8-6-4-3-5-7-9-18)24-11-10-19(17-24)23-12-14-25-15-13-23/h18-19H,2-17H2,1H3,(H,21,22). The number of rotatable bonds is 4. The third-order valence-electron chi connectivity index (χ3n) is 6.08. The molecular formula is C20H38N4O. The van der Waals surface area contributed by atoms with Crippen LogP contribution in [0.25, 0.3) is 0 Å². The van der Waals surface area contributed by atoms with Gasteiger partial charge in [-0.2, -0.15) is 0 Å². The summed E-state index contributed by atoms with van der Waals surface area (Å²) < 4.78 is 5.51. The van der Waals surface area contributed by atoms with E-state index >= 15 is 0 Å². The Balaban J connectivity index is 1.52. The summed E-state index contributed by atoms with van der Waals surface area (Å²) in [4.78, 5) is 10.2. The molecule has 144 valence electrons. The predicted molar refractivity (Wildman–Crippen MR) is 104 cm³/mol. The number of morpholine rings is 1. The average Bonchev–Trinajstić information content (AvgIpc) is 3.10. The van der Waals surface area contributed by atoms with Crippen molar-refractivity contribution in [1.82, 2.24) is 15.1 Å². The maximum Gasteiger partial charge on any atom is 0.193 e. The molecule has 1 N–H and O–H groups in total. The van der Waals surface area contributed by atoms with Gasteiger partial charge in [0.05, 0.1) is 13.2 Å². The quantitative estimate of drug-likeness (QED) is 0.625. The third-order valence-corrected chi connectivity index (χ3v) is 6.08. The second-order valence-corrected chi connectivity index (χ2v) is 7.94. The highest BCUT2D eigenvalue weighted by atomic mass is 16.5. The van der Waals surface area contributed by atoms with E-state index in [-0.39, 0.29) is 0 Å². The minimum absolute atomic E-state index is 0.675. The molecule has 0 aromatic rings. The van der Waals surface area contributed by atoms with Crippen molar-refractivity contribution in [2.24, 2.45) is 10.9 Å². The zero-order valence-corrected chi connectivity index (χ0v) is 16.2. The van der Waals surface area contributed by atoms with Crippen LogP contribution in [0.15, 0.2) is 4.99 Å². The van der Waals surface area contributed by atoms with E-state index in [4.69, 9.17) is 9.73 Å². The van der Waals surface area contributed by atoms with Gasteiger partial charge in [-0.15, -0.1) is 0 Å². The van der Waals surface area contributed by atoms with Gasteiger partial charge in [-0.1, -0.05) is 32.1 Å². The second-order valence-electron chi connectivity index (χ2n) is 7.94. The van der Waals surface area contributed by atoms with Gasteiger partial charge in [-0.05, 0) is 32.1 Å². The molecule has 3 aliphatic rings. The second kappa shape index (κ2) is 10.4. The summed E-state index contributed by atoms with van der Waals surface area (Å²) in [6.45, 7) is 10.4. The van der Waals surface area contributed by atoms with Crippen LogP contribution in [0.2, 0.25) is 0 Å². The molecule has 1 aliphatic carbocycles. The molecule has 2 heterocycles. The molecule has 25 heavy (non-hydrogen) atoms. The summed E-state index contributed by atoms with van der Waals surface area (Å²) in [5.41, 5.74) is 0. The van der Waals surface area contributed by atoms with Gasteiger partial charge in [-0.3, -0.25) is 9.89 Å². The first-order chi connectivity index (χ1) is 12.4. The molecule has 2 aliphatic heterocycles. The Hall–Kier alpha value is -0.810. The van der Waals surface area contributed by atoms with Gasteiger partial charge in [0.2, 0.25) is 0 Å². The number of aliphatic imine (C=N–C) groups is 1. The van der Waals surface area contributed by atoms with Gasteiger partial charge in [0.25, 0.3) is 0 Å². The summed E-state index contributed by atoms with van der Waals surface area (Å²) in [5, 5.41) is 3.55. The molecule has 1 saturated carbocycles. The minimum Gasteiger partial charge on any atom is -0.379 e. The number of ether oxygens (including phenoxy) is 1. The number of likely N-dealkylation sites (tertiary alicyclic amines) is 1. The van der Waals surface area contributed by atoms with E-state index in [9.17, 15) is 0 Å². The first-order valence-electron chi connectivity index (χ1n) is 10.7. The van der Waals surface area contributed by atoms with Crippen LogP contribution in [0.3, 0.4) is 0 Å². The smallest absolute Gasteiger partial charge is 0.193 e. The zero-order valence-electron chi connectivity index (χ0n) is 16.2. The van der Waals surface area contributed by atoms with E-state index in [1.165, 1.54) is 51.4 Å². The van der Waals surface area contributed by atoms with Crippen LogP contribution < -0.4 is 5.32 Å². The predicted octanol–water partition coefficient (Wildman–Crippen LogP) is 2.72.